The molecule has 0 fully saturated rings. The molecule has 0 radical (unpaired) electrons. The summed E-state index contributed by atoms with van der Waals surface area (Å²) >= 11 is 0. The Balaban J connectivity index is 1.21. The zero-order chi connectivity index (χ0) is 33.5. The summed E-state index contributed by atoms with van der Waals surface area (Å²) in [7, 11) is 0. The summed E-state index contributed by atoms with van der Waals surface area (Å²) in [6.07, 6.45) is 0. The maximum absolute atomic E-state index is 2.48. The second-order valence-electron chi connectivity index (χ2n) is 13.4. The van der Waals surface area contributed by atoms with Crippen LogP contribution in [0.2, 0.25) is 0 Å². The minimum absolute atomic E-state index is 1.15. The summed E-state index contributed by atoms with van der Waals surface area (Å²) in [5.41, 5.74) is 13.2. The molecule has 0 aliphatic heterocycles. The molecule has 0 spiro atoms. The van der Waals surface area contributed by atoms with Gasteiger partial charge in [0, 0.05) is 49.4 Å². The zero-order valence-corrected chi connectivity index (χ0v) is 27.7. The summed E-state index contributed by atoms with van der Waals surface area (Å²) in [5.74, 6) is 0. The molecule has 3 heterocycles. The second-order valence-corrected chi connectivity index (χ2v) is 13.4. The topological polar surface area (TPSA) is 14.8 Å². The van der Waals surface area contributed by atoms with Gasteiger partial charge in [-0.1, -0.05) is 115 Å². The standard InChI is InChI=1S/C48H31N3/c1-4-14-34(15-5-1)49-42-22-12-10-20-37(42)41-30-32(25-28-44(41)49)33-24-26-38-39-27-29-45-47(48(39)51(46(38)31-33)36-18-8-3-9-19-36)40-21-11-13-23-43(40)50(45)35-16-6-2-7-17-35/h1-31H. The molecule has 11 rings (SSSR count). The average Bonchev–Trinajstić information content (AvgIpc) is 3.84. The zero-order valence-electron chi connectivity index (χ0n) is 27.7. The van der Waals surface area contributed by atoms with Crippen molar-refractivity contribution in [3.8, 4) is 28.2 Å². The van der Waals surface area contributed by atoms with Gasteiger partial charge in [-0.15, -0.1) is 0 Å². The van der Waals surface area contributed by atoms with E-state index in [0.29, 0.717) is 0 Å². The van der Waals surface area contributed by atoms with Crippen LogP contribution in [0.25, 0.3) is 93.6 Å². The van der Waals surface area contributed by atoms with E-state index in [2.05, 4.69) is 202 Å². The Labute approximate surface area is 294 Å². The van der Waals surface area contributed by atoms with Crippen molar-refractivity contribution >= 4 is 65.4 Å². The summed E-state index contributed by atoms with van der Waals surface area (Å²) in [5, 5.41) is 7.54. The van der Waals surface area contributed by atoms with Gasteiger partial charge in [0.05, 0.1) is 33.1 Å². The number of nitrogens with zero attached hydrogens (tertiary/aromatic N) is 3. The van der Waals surface area contributed by atoms with Crippen LogP contribution in [0.4, 0.5) is 0 Å². The van der Waals surface area contributed by atoms with E-state index < -0.39 is 0 Å². The lowest BCUT2D eigenvalue weighted by Crippen LogP contribution is -1.95. The second kappa shape index (κ2) is 10.8. The van der Waals surface area contributed by atoms with Crippen LogP contribution in [-0.2, 0) is 0 Å². The Morgan fingerprint density at radius 1 is 0.255 bits per heavy atom. The van der Waals surface area contributed by atoms with Crippen LogP contribution >= 0.6 is 0 Å². The predicted octanol–water partition coefficient (Wildman–Crippen LogP) is 12.6. The fourth-order valence-corrected chi connectivity index (χ4v) is 8.44. The number of para-hydroxylation sites is 5. The first-order valence-electron chi connectivity index (χ1n) is 17.5. The van der Waals surface area contributed by atoms with Crippen LogP contribution in [0.5, 0.6) is 0 Å². The monoisotopic (exact) mass is 649 g/mol. The van der Waals surface area contributed by atoms with Gasteiger partial charge in [-0.2, -0.15) is 0 Å². The Morgan fingerprint density at radius 3 is 1.39 bits per heavy atom. The van der Waals surface area contributed by atoms with Crippen molar-refractivity contribution in [3.63, 3.8) is 0 Å². The van der Waals surface area contributed by atoms with Crippen molar-refractivity contribution in [1.29, 1.82) is 0 Å². The number of rotatable bonds is 4. The number of hydrogen-bond donors (Lipinski definition) is 0. The van der Waals surface area contributed by atoms with E-state index in [1.54, 1.807) is 0 Å². The van der Waals surface area contributed by atoms with Gasteiger partial charge in [0.2, 0.25) is 0 Å². The number of fused-ring (bicyclic) bond motifs is 10. The number of benzene rings is 8. The van der Waals surface area contributed by atoms with Crippen LogP contribution in [-0.4, -0.2) is 13.7 Å². The minimum atomic E-state index is 1.15. The molecule has 0 saturated carbocycles. The molecule has 3 heteroatoms. The van der Waals surface area contributed by atoms with E-state index in [1.807, 2.05) is 0 Å². The first kappa shape index (κ1) is 28.0. The van der Waals surface area contributed by atoms with Crippen LogP contribution in [0, 0.1) is 0 Å². The first-order chi connectivity index (χ1) is 25.3. The van der Waals surface area contributed by atoms with Crippen molar-refractivity contribution in [1.82, 2.24) is 13.7 Å². The normalized spacial score (nSPS) is 11.9. The quantitative estimate of drug-likeness (QED) is 0.180. The highest BCUT2D eigenvalue weighted by Gasteiger charge is 2.21. The molecule has 8 aromatic carbocycles. The Morgan fingerprint density at radius 2 is 0.706 bits per heavy atom. The lowest BCUT2D eigenvalue weighted by molar-refractivity contribution is 1.17. The van der Waals surface area contributed by atoms with Gasteiger partial charge >= 0.3 is 0 Å². The van der Waals surface area contributed by atoms with Gasteiger partial charge < -0.3 is 13.7 Å². The Bertz CT molecular complexity index is 3110. The maximum Gasteiger partial charge on any atom is 0.0641 e. The van der Waals surface area contributed by atoms with Crippen LogP contribution in [0.3, 0.4) is 0 Å². The Hall–Kier alpha value is -6.84. The smallest absolute Gasteiger partial charge is 0.0641 e. The van der Waals surface area contributed by atoms with Crippen LogP contribution in [0.1, 0.15) is 0 Å². The first-order valence-corrected chi connectivity index (χ1v) is 17.5. The van der Waals surface area contributed by atoms with Gasteiger partial charge in [0.25, 0.3) is 0 Å². The molecule has 0 amide bonds. The van der Waals surface area contributed by atoms with Crippen LogP contribution < -0.4 is 0 Å². The molecule has 0 N–H and O–H groups in total. The molecule has 11 aromatic rings. The highest BCUT2D eigenvalue weighted by Crippen LogP contribution is 2.43. The summed E-state index contributed by atoms with van der Waals surface area (Å²) < 4.78 is 7.27. The van der Waals surface area contributed by atoms with E-state index in [1.165, 1.54) is 82.2 Å². The van der Waals surface area contributed by atoms with Gasteiger partial charge in [0.15, 0.2) is 0 Å². The molecule has 0 unspecified atom stereocenters. The van der Waals surface area contributed by atoms with Crippen molar-refractivity contribution in [2.24, 2.45) is 0 Å². The SMILES string of the molecule is c1ccc(-n2c3ccccc3c3cc(-c4ccc5c6ccc7c(c8ccccc8n7-c7ccccc7)c6n(-c6ccccc6)c5c4)ccc32)cc1. The third-order valence-electron chi connectivity index (χ3n) is 10.6. The lowest BCUT2D eigenvalue weighted by Gasteiger charge is -2.11. The van der Waals surface area contributed by atoms with E-state index >= 15 is 0 Å². The van der Waals surface area contributed by atoms with Crippen molar-refractivity contribution in [2.45, 2.75) is 0 Å². The minimum Gasteiger partial charge on any atom is -0.309 e. The molecule has 0 bridgehead atoms. The highest BCUT2D eigenvalue weighted by molar-refractivity contribution is 6.26. The number of hydrogen-bond acceptors (Lipinski definition) is 0. The summed E-state index contributed by atoms with van der Waals surface area (Å²) in [6.45, 7) is 0. The third kappa shape index (κ3) is 4.06. The van der Waals surface area contributed by atoms with E-state index in [4.69, 9.17) is 0 Å². The van der Waals surface area contributed by atoms with Crippen molar-refractivity contribution in [3.05, 3.63) is 188 Å². The molecular weight excluding hydrogens is 619 g/mol. The molecule has 51 heavy (non-hydrogen) atoms. The van der Waals surface area contributed by atoms with Gasteiger partial charge in [-0.3, -0.25) is 0 Å². The fourth-order valence-electron chi connectivity index (χ4n) is 8.44. The average molecular weight is 650 g/mol. The summed E-state index contributed by atoms with van der Waals surface area (Å²) in [6, 6.07) is 68.4. The fraction of sp³-hybridized carbons (Fsp3) is 0. The molecule has 0 aliphatic carbocycles. The summed E-state index contributed by atoms with van der Waals surface area (Å²) in [4.78, 5) is 0. The molecule has 0 atom stereocenters. The van der Waals surface area contributed by atoms with E-state index in [9.17, 15) is 0 Å². The maximum atomic E-state index is 2.48. The lowest BCUT2D eigenvalue weighted by atomic mass is 10.0. The van der Waals surface area contributed by atoms with Crippen molar-refractivity contribution < 1.29 is 0 Å². The molecular formula is C48H31N3. The predicted molar refractivity (Wildman–Crippen MR) is 215 cm³/mol. The van der Waals surface area contributed by atoms with E-state index in [0.717, 1.165) is 11.4 Å². The molecule has 3 aromatic heterocycles. The van der Waals surface area contributed by atoms with Gasteiger partial charge in [0.1, 0.15) is 0 Å². The van der Waals surface area contributed by atoms with Crippen LogP contribution in [0.15, 0.2) is 188 Å². The van der Waals surface area contributed by atoms with E-state index in [-0.39, 0.29) is 0 Å². The van der Waals surface area contributed by atoms with Gasteiger partial charge in [-0.25, -0.2) is 0 Å². The molecule has 3 nitrogen and oxygen atoms in total. The highest BCUT2D eigenvalue weighted by atomic mass is 15.0. The van der Waals surface area contributed by atoms with Gasteiger partial charge in [-0.05, 0) is 83.9 Å². The molecule has 0 aliphatic rings. The Kier molecular flexibility index (Phi) is 5.96. The third-order valence-corrected chi connectivity index (χ3v) is 10.6. The molecule has 0 saturated heterocycles. The number of aromatic nitrogens is 3. The van der Waals surface area contributed by atoms with Crippen molar-refractivity contribution in [2.75, 3.05) is 0 Å². The molecule has 238 valence electrons. The largest absolute Gasteiger partial charge is 0.309 e.